The molecule has 3 N–H and O–H groups in total. The molecule has 1 unspecified atom stereocenters. The van der Waals surface area contributed by atoms with E-state index in [9.17, 15) is 9.59 Å². The second-order valence-corrected chi connectivity index (χ2v) is 3.95. The van der Waals surface area contributed by atoms with Gasteiger partial charge in [-0.1, -0.05) is 12.1 Å². The lowest BCUT2D eigenvalue weighted by Crippen LogP contribution is -2.42. The van der Waals surface area contributed by atoms with E-state index in [0.717, 1.165) is 5.56 Å². The van der Waals surface area contributed by atoms with E-state index in [1.807, 2.05) is 6.07 Å². The van der Waals surface area contributed by atoms with Crippen LogP contribution in [0.15, 0.2) is 24.3 Å². The number of hydrogen-bond acceptors (Lipinski definition) is 4. The quantitative estimate of drug-likeness (QED) is 0.600. The number of nitrogen functional groups attached to an aromatic ring is 1. The molecular weight excluding hydrogens is 232 g/mol. The molecule has 18 heavy (non-hydrogen) atoms. The Bertz CT molecular complexity index is 432. The number of nitrogens with one attached hydrogen (secondary N) is 1. The third kappa shape index (κ3) is 4.45. The maximum Gasteiger partial charge on any atom is 0.328 e. The zero-order valence-electron chi connectivity index (χ0n) is 10.6. The molecule has 1 aromatic carbocycles. The Labute approximate surface area is 106 Å². The van der Waals surface area contributed by atoms with Crippen LogP contribution in [0.3, 0.4) is 0 Å². The average Bonchev–Trinajstić information content (AvgIpc) is 2.28. The molecule has 0 aromatic heterocycles. The van der Waals surface area contributed by atoms with Crippen LogP contribution in [-0.2, 0) is 20.7 Å². The molecule has 5 nitrogen and oxygen atoms in total. The molecule has 1 aromatic rings. The molecule has 0 bridgehead atoms. The molecule has 0 fully saturated rings. The highest BCUT2D eigenvalue weighted by molar-refractivity contribution is 5.83. The fourth-order valence-corrected chi connectivity index (χ4v) is 1.64. The molecule has 98 valence electrons. The number of benzene rings is 1. The summed E-state index contributed by atoms with van der Waals surface area (Å²) in [6, 6.07) is 6.52. The first-order chi connectivity index (χ1) is 8.52. The Hall–Kier alpha value is -2.04. The Morgan fingerprint density at radius 1 is 1.44 bits per heavy atom. The Balaban J connectivity index is 2.77. The van der Waals surface area contributed by atoms with Gasteiger partial charge in [0, 0.05) is 19.0 Å². The van der Waals surface area contributed by atoms with Crippen molar-refractivity contribution < 1.29 is 14.3 Å². The predicted octanol–water partition coefficient (Wildman–Crippen LogP) is 0.879. The van der Waals surface area contributed by atoms with Crippen molar-refractivity contribution in [1.29, 1.82) is 0 Å². The molecule has 0 heterocycles. The van der Waals surface area contributed by atoms with Gasteiger partial charge in [0.2, 0.25) is 5.91 Å². The minimum Gasteiger partial charge on any atom is -0.464 e. The summed E-state index contributed by atoms with van der Waals surface area (Å²) in [5, 5.41) is 2.58. The van der Waals surface area contributed by atoms with Crippen molar-refractivity contribution in [3.8, 4) is 0 Å². The van der Waals surface area contributed by atoms with Gasteiger partial charge >= 0.3 is 5.97 Å². The van der Waals surface area contributed by atoms with E-state index in [1.54, 1.807) is 25.1 Å². The number of ether oxygens (including phenoxy) is 1. The third-order valence-corrected chi connectivity index (χ3v) is 2.34. The standard InChI is InChI=1S/C13H18N2O3/c1-3-18-13(17)12(15-9(2)16)8-10-5-4-6-11(14)7-10/h4-7,12H,3,8,14H2,1-2H3,(H,15,16). The van der Waals surface area contributed by atoms with E-state index in [-0.39, 0.29) is 12.5 Å². The predicted molar refractivity (Wildman–Crippen MR) is 68.8 cm³/mol. The number of carbonyl (C=O) groups is 2. The van der Waals surface area contributed by atoms with E-state index >= 15 is 0 Å². The number of carbonyl (C=O) groups excluding carboxylic acids is 2. The zero-order valence-corrected chi connectivity index (χ0v) is 10.6. The van der Waals surface area contributed by atoms with Crippen molar-refractivity contribution in [2.75, 3.05) is 12.3 Å². The van der Waals surface area contributed by atoms with Crippen LogP contribution in [-0.4, -0.2) is 24.5 Å². The van der Waals surface area contributed by atoms with Gasteiger partial charge in [-0.25, -0.2) is 4.79 Å². The van der Waals surface area contributed by atoms with Crippen LogP contribution in [0.1, 0.15) is 19.4 Å². The third-order valence-electron chi connectivity index (χ3n) is 2.34. The molecular formula is C13H18N2O3. The van der Waals surface area contributed by atoms with E-state index in [4.69, 9.17) is 10.5 Å². The molecule has 0 aliphatic heterocycles. The van der Waals surface area contributed by atoms with E-state index < -0.39 is 12.0 Å². The lowest BCUT2D eigenvalue weighted by molar-refractivity contribution is -0.147. The highest BCUT2D eigenvalue weighted by atomic mass is 16.5. The van der Waals surface area contributed by atoms with Crippen LogP contribution in [0.25, 0.3) is 0 Å². The first kappa shape index (κ1) is 14.0. The minimum absolute atomic E-state index is 0.267. The van der Waals surface area contributed by atoms with Crippen molar-refractivity contribution in [2.24, 2.45) is 0 Å². The van der Waals surface area contributed by atoms with Gasteiger partial charge in [0.25, 0.3) is 0 Å². The first-order valence-corrected chi connectivity index (χ1v) is 5.81. The maximum absolute atomic E-state index is 11.7. The molecule has 0 aliphatic carbocycles. The van der Waals surface area contributed by atoms with Crippen molar-refractivity contribution in [3.63, 3.8) is 0 Å². The highest BCUT2D eigenvalue weighted by Crippen LogP contribution is 2.09. The number of nitrogens with two attached hydrogens (primary N) is 1. The summed E-state index contributed by atoms with van der Waals surface area (Å²) in [5.74, 6) is -0.702. The van der Waals surface area contributed by atoms with E-state index in [1.165, 1.54) is 6.92 Å². The molecule has 0 spiro atoms. The monoisotopic (exact) mass is 250 g/mol. The van der Waals surface area contributed by atoms with Gasteiger partial charge in [-0.05, 0) is 24.6 Å². The second-order valence-electron chi connectivity index (χ2n) is 3.95. The van der Waals surface area contributed by atoms with E-state index in [0.29, 0.717) is 12.1 Å². The second kappa shape index (κ2) is 6.64. The topological polar surface area (TPSA) is 81.4 Å². The van der Waals surface area contributed by atoms with Crippen LogP contribution >= 0.6 is 0 Å². The summed E-state index contributed by atoms with van der Waals surface area (Å²) < 4.78 is 4.92. The first-order valence-electron chi connectivity index (χ1n) is 5.81. The molecule has 1 rings (SSSR count). The van der Waals surface area contributed by atoms with Gasteiger partial charge in [-0.3, -0.25) is 4.79 Å². The maximum atomic E-state index is 11.7. The number of amides is 1. The summed E-state index contributed by atoms with van der Waals surface area (Å²) in [7, 11) is 0. The Morgan fingerprint density at radius 3 is 2.72 bits per heavy atom. The van der Waals surface area contributed by atoms with Gasteiger partial charge in [0.1, 0.15) is 6.04 Å². The smallest absolute Gasteiger partial charge is 0.328 e. The summed E-state index contributed by atoms with van der Waals surface area (Å²) in [6.07, 6.45) is 0.365. The average molecular weight is 250 g/mol. The largest absolute Gasteiger partial charge is 0.464 e. The molecule has 1 atom stereocenters. The lowest BCUT2D eigenvalue weighted by Gasteiger charge is -2.16. The van der Waals surface area contributed by atoms with Crippen molar-refractivity contribution in [1.82, 2.24) is 5.32 Å². The zero-order chi connectivity index (χ0) is 13.5. The number of hydrogen-bond donors (Lipinski definition) is 2. The van der Waals surface area contributed by atoms with Crippen LogP contribution in [0.5, 0.6) is 0 Å². The molecule has 0 aliphatic rings. The van der Waals surface area contributed by atoms with Gasteiger partial charge in [0.05, 0.1) is 6.61 Å². The van der Waals surface area contributed by atoms with Crippen molar-refractivity contribution in [2.45, 2.75) is 26.3 Å². The number of esters is 1. The fraction of sp³-hybridized carbons (Fsp3) is 0.385. The SMILES string of the molecule is CCOC(=O)C(Cc1cccc(N)c1)NC(C)=O. The van der Waals surface area contributed by atoms with E-state index in [2.05, 4.69) is 5.32 Å². The number of anilines is 1. The van der Waals surface area contributed by atoms with Gasteiger partial charge in [-0.15, -0.1) is 0 Å². The number of rotatable bonds is 5. The molecule has 0 radical (unpaired) electrons. The van der Waals surface area contributed by atoms with Crippen LogP contribution < -0.4 is 11.1 Å². The van der Waals surface area contributed by atoms with Crippen LogP contribution in [0.2, 0.25) is 0 Å². The van der Waals surface area contributed by atoms with Gasteiger partial charge in [-0.2, -0.15) is 0 Å². The summed E-state index contributed by atoms with van der Waals surface area (Å²) in [4.78, 5) is 22.8. The molecule has 1 amide bonds. The van der Waals surface area contributed by atoms with Crippen molar-refractivity contribution in [3.05, 3.63) is 29.8 Å². The Morgan fingerprint density at radius 2 is 2.17 bits per heavy atom. The van der Waals surface area contributed by atoms with Gasteiger partial charge in [0.15, 0.2) is 0 Å². The highest BCUT2D eigenvalue weighted by Gasteiger charge is 2.21. The normalized spacial score (nSPS) is 11.7. The van der Waals surface area contributed by atoms with Crippen molar-refractivity contribution >= 4 is 17.6 Å². The van der Waals surface area contributed by atoms with Crippen LogP contribution in [0.4, 0.5) is 5.69 Å². The summed E-state index contributed by atoms with van der Waals surface area (Å²) in [6.45, 7) is 3.38. The fourth-order valence-electron chi connectivity index (χ4n) is 1.64. The molecule has 5 heteroatoms. The summed E-state index contributed by atoms with van der Waals surface area (Å²) in [5.41, 5.74) is 7.17. The molecule has 0 saturated carbocycles. The van der Waals surface area contributed by atoms with Gasteiger partial charge < -0.3 is 15.8 Å². The Kier molecular flexibility index (Phi) is 5.17. The summed E-state index contributed by atoms with van der Waals surface area (Å²) >= 11 is 0. The lowest BCUT2D eigenvalue weighted by atomic mass is 10.1. The van der Waals surface area contributed by atoms with Crippen LogP contribution in [0, 0.1) is 0 Å². The minimum atomic E-state index is -0.677. The molecule has 0 saturated heterocycles.